The Hall–Kier alpha value is -1.59. The van der Waals surface area contributed by atoms with Gasteiger partial charge in [-0.1, -0.05) is 6.07 Å². The molecule has 1 aromatic rings. The summed E-state index contributed by atoms with van der Waals surface area (Å²) < 4.78 is 11.4. The van der Waals surface area contributed by atoms with Crippen molar-refractivity contribution in [2.24, 2.45) is 0 Å². The average molecular weight is 277 g/mol. The van der Waals surface area contributed by atoms with Gasteiger partial charge in [0.15, 0.2) is 5.79 Å². The van der Waals surface area contributed by atoms with Gasteiger partial charge in [0.25, 0.3) is 5.91 Å². The maximum atomic E-state index is 12.6. The highest BCUT2D eigenvalue weighted by molar-refractivity contribution is 5.96. The summed E-state index contributed by atoms with van der Waals surface area (Å²) in [5, 5.41) is 9.73. The van der Waals surface area contributed by atoms with E-state index in [-0.39, 0.29) is 11.7 Å². The van der Waals surface area contributed by atoms with Crippen molar-refractivity contribution in [3.63, 3.8) is 0 Å². The molecule has 1 amide bonds. The Labute approximate surface area is 118 Å². The number of phenolic OH excluding ortho intramolecular Hbond substituents is 1. The monoisotopic (exact) mass is 277 g/mol. The maximum absolute atomic E-state index is 12.6. The van der Waals surface area contributed by atoms with Crippen LogP contribution in [0.3, 0.4) is 0 Å². The smallest absolute Gasteiger partial charge is 0.254 e. The topological polar surface area (TPSA) is 59.0 Å². The Morgan fingerprint density at radius 1 is 1.35 bits per heavy atom. The van der Waals surface area contributed by atoms with Gasteiger partial charge in [-0.25, -0.2) is 0 Å². The van der Waals surface area contributed by atoms with E-state index in [1.807, 2.05) is 0 Å². The van der Waals surface area contributed by atoms with Gasteiger partial charge in [0.05, 0.1) is 19.8 Å². The molecular formula is C15H19NO4. The van der Waals surface area contributed by atoms with Crippen LogP contribution in [0.2, 0.25) is 0 Å². The first-order valence-corrected chi connectivity index (χ1v) is 6.97. The predicted molar refractivity (Wildman–Crippen MR) is 72.6 cm³/mol. The van der Waals surface area contributed by atoms with Gasteiger partial charge in [0.2, 0.25) is 0 Å². The van der Waals surface area contributed by atoms with E-state index in [2.05, 4.69) is 0 Å². The minimum absolute atomic E-state index is 0.0726. The van der Waals surface area contributed by atoms with E-state index in [0.717, 1.165) is 12.8 Å². The lowest BCUT2D eigenvalue weighted by Crippen LogP contribution is -2.51. The molecule has 2 saturated heterocycles. The molecule has 3 rings (SSSR count). The number of rotatable bonds is 1. The van der Waals surface area contributed by atoms with Crippen LogP contribution in [0, 0.1) is 6.92 Å². The first-order chi connectivity index (χ1) is 9.61. The highest BCUT2D eigenvalue weighted by Gasteiger charge is 2.42. The van der Waals surface area contributed by atoms with Crippen LogP contribution in [0.1, 0.15) is 28.8 Å². The fourth-order valence-corrected chi connectivity index (χ4v) is 2.92. The number of aromatic hydroxyl groups is 1. The second kappa shape index (κ2) is 5.07. The van der Waals surface area contributed by atoms with E-state index >= 15 is 0 Å². The molecule has 0 aromatic heterocycles. The Balaban J connectivity index is 1.81. The number of piperidine rings is 1. The van der Waals surface area contributed by atoms with E-state index in [0.29, 0.717) is 37.4 Å². The molecule has 2 aliphatic heterocycles. The van der Waals surface area contributed by atoms with Gasteiger partial charge in [-0.2, -0.15) is 0 Å². The van der Waals surface area contributed by atoms with Gasteiger partial charge in [-0.3, -0.25) is 4.79 Å². The molecule has 2 aliphatic rings. The molecule has 1 aromatic carbocycles. The van der Waals surface area contributed by atoms with Crippen LogP contribution >= 0.6 is 0 Å². The largest absolute Gasteiger partial charge is 0.508 e. The summed E-state index contributed by atoms with van der Waals surface area (Å²) in [6.07, 6.45) is 1.69. The highest BCUT2D eigenvalue weighted by Crippen LogP contribution is 2.31. The summed E-state index contributed by atoms with van der Waals surface area (Å²) in [5.41, 5.74) is 1.16. The Bertz CT molecular complexity index is 523. The third kappa shape index (κ3) is 2.27. The standard InChI is InChI=1S/C15H19NO4/c1-11-12(4-2-5-13(11)17)14(18)16-7-3-6-15(10-16)19-8-9-20-15/h2,4-5,17H,3,6-10H2,1H3. The van der Waals surface area contributed by atoms with E-state index in [9.17, 15) is 9.90 Å². The number of carbonyl (C=O) groups excluding carboxylic acids is 1. The Morgan fingerprint density at radius 3 is 2.85 bits per heavy atom. The lowest BCUT2D eigenvalue weighted by molar-refractivity contribution is -0.183. The predicted octanol–water partition coefficient (Wildman–Crippen LogP) is 1.68. The van der Waals surface area contributed by atoms with Crippen molar-refractivity contribution in [2.75, 3.05) is 26.3 Å². The molecule has 0 atom stereocenters. The molecule has 2 heterocycles. The van der Waals surface area contributed by atoms with Crippen LogP contribution in [-0.2, 0) is 9.47 Å². The molecule has 0 saturated carbocycles. The van der Waals surface area contributed by atoms with Gasteiger partial charge < -0.3 is 19.5 Å². The van der Waals surface area contributed by atoms with Crippen molar-refractivity contribution in [1.82, 2.24) is 4.90 Å². The molecule has 20 heavy (non-hydrogen) atoms. The van der Waals surface area contributed by atoms with Crippen molar-refractivity contribution in [2.45, 2.75) is 25.6 Å². The zero-order valence-electron chi connectivity index (χ0n) is 11.6. The number of amides is 1. The molecular weight excluding hydrogens is 258 g/mol. The van der Waals surface area contributed by atoms with Gasteiger partial charge in [-0.05, 0) is 25.5 Å². The third-order valence-corrected chi connectivity index (χ3v) is 4.05. The highest BCUT2D eigenvalue weighted by atomic mass is 16.7. The van der Waals surface area contributed by atoms with Crippen LogP contribution in [0.25, 0.3) is 0 Å². The summed E-state index contributed by atoms with van der Waals surface area (Å²) in [5.74, 6) is -0.536. The van der Waals surface area contributed by atoms with Crippen LogP contribution < -0.4 is 0 Å². The van der Waals surface area contributed by atoms with Crippen LogP contribution in [0.4, 0.5) is 0 Å². The lowest BCUT2D eigenvalue weighted by atomic mass is 10.0. The van der Waals surface area contributed by atoms with Gasteiger partial charge >= 0.3 is 0 Å². The van der Waals surface area contributed by atoms with Gasteiger partial charge in [-0.15, -0.1) is 0 Å². The first kappa shape index (κ1) is 13.4. The molecule has 5 heteroatoms. The van der Waals surface area contributed by atoms with Crippen molar-refractivity contribution >= 4 is 5.91 Å². The Morgan fingerprint density at radius 2 is 2.10 bits per heavy atom. The summed E-state index contributed by atoms with van der Waals surface area (Å²) in [4.78, 5) is 14.4. The van der Waals surface area contributed by atoms with E-state index in [1.54, 1.807) is 30.0 Å². The molecule has 0 unspecified atom stereocenters. The quantitative estimate of drug-likeness (QED) is 0.848. The van der Waals surface area contributed by atoms with E-state index in [1.165, 1.54) is 0 Å². The minimum atomic E-state index is -0.612. The SMILES string of the molecule is Cc1c(O)cccc1C(=O)N1CCCC2(C1)OCCO2. The summed E-state index contributed by atoms with van der Waals surface area (Å²) in [7, 11) is 0. The van der Waals surface area contributed by atoms with Gasteiger partial charge in [0, 0.05) is 24.1 Å². The molecule has 0 radical (unpaired) electrons. The number of hydrogen-bond donors (Lipinski definition) is 1. The van der Waals surface area contributed by atoms with Crippen molar-refractivity contribution in [3.05, 3.63) is 29.3 Å². The third-order valence-electron chi connectivity index (χ3n) is 4.05. The normalized spacial score (nSPS) is 21.4. The number of nitrogens with zero attached hydrogens (tertiary/aromatic N) is 1. The molecule has 1 spiro atoms. The first-order valence-electron chi connectivity index (χ1n) is 6.97. The number of likely N-dealkylation sites (tertiary alicyclic amines) is 1. The second-order valence-electron chi connectivity index (χ2n) is 5.39. The summed E-state index contributed by atoms with van der Waals surface area (Å²) in [6.45, 7) is 4.09. The minimum Gasteiger partial charge on any atom is -0.508 e. The zero-order chi connectivity index (χ0) is 14.2. The fraction of sp³-hybridized carbons (Fsp3) is 0.533. The number of benzene rings is 1. The van der Waals surface area contributed by atoms with Gasteiger partial charge in [0.1, 0.15) is 5.75 Å². The maximum Gasteiger partial charge on any atom is 0.254 e. The fourth-order valence-electron chi connectivity index (χ4n) is 2.92. The zero-order valence-corrected chi connectivity index (χ0v) is 11.6. The number of phenols is 1. The van der Waals surface area contributed by atoms with E-state index in [4.69, 9.17) is 9.47 Å². The molecule has 108 valence electrons. The molecule has 0 bridgehead atoms. The Kier molecular flexibility index (Phi) is 3.40. The molecule has 2 fully saturated rings. The van der Waals surface area contributed by atoms with Crippen molar-refractivity contribution < 1.29 is 19.4 Å². The summed E-state index contributed by atoms with van der Waals surface area (Å²) in [6, 6.07) is 5.03. The molecule has 0 aliphatic carbocycles. The lowest BCUT2D eigenvalue weighted by Gasteiger charge is -2.38. The summed E-state index contributed by atoms with van der Waals surface area (Å²) >= 11 is 0. The average Bonchev–Trinajstić information content (AvgIpc) is 2.89. The van der Waals surface area contributed by atoms with Crippen LogP contribution in [0.5, 0.6) is 5.75 Å². The van der Waals surface area contributed by atoms with E-state index < -0.39 is 5.79 Å². The van der Waals surface area contributed by atoms with Crippen LogP contribution in [0.15, 0.2) is 18.2 Å². The van der Waals surface area contributed by atoms with Crippen molar-refractivity contribution in [1.29, 1.82) is 0 Å². The molecule has 5 nitrogen and oxygen atoms in total. The number of carbonyl (C=O) groups is 1. The second-order valence-corrected chi connectivity index (χ2v) is 5.39. The number of ether oxygens (including phenoxy) is 2. The number of hydrogen-bond acceptors (Lipinski definition) is 4. The van der Waals surface area contributed by atoms with Crippen molar-refractivity contribution in [3.8, 4) is 5.75 Å². The molecule has 1 N–H and O–H groups in total. The van der Waals surface area contributed by atoms with Crippen LogP contribution in [-0.4, -0.2) is 48.0 Å².